The summed E-state index contributed by atoms with van der Waals surface area (Å²) in [6, 6.07) is 3.87. The van der Waals surface area contributed by atoms with Gasteiger partial charge in [-0.25, -0.2) is 0 Å². The minimum absolute atomic E-state index is 0.568. The van der Waals surface area contributed by atoms with Crippen LogP contribution in [0, 0.1) is 6.92 Å². The zero-order valence-corrected chi connectivity index (χ0v) is 9.67. The molecule has 0 radical (unpaired) electrons. The predicted octanol–water partition coefficient (Wildman–Crippen LogP) is 3.73. The van der Waals surface area contributed by atoms with Crippen LogP contribution in [0.2, 0.25) is 5.02 Å². The van der Waals surface area contributed by atoms with E-state index in [0.29, 0.717) is 16.0 Å². The third-order valence-electron chi connectivity index (χ3n) is 1.66. The van der Waals surface area contributed by atoms with Crippen molar-refractivity contribution >= 4 is 29.1 Å². The Kier molecular flexibility index (Phi) is 3.51. The fourth-order valence-electron chi connectivity index (χ4n) is 1.07. The topological polar surface area (TPSA) is 26.0 Å². The Morgan fingerprint density at radius 1 is 1.38 bits per heavy atom. The van der Waals surface area contributed by atoms with E-state index in [-0.39, 0.29) is 0 Å². The lowest BCUT2D eigenvalue weighted by molar-refractivity contribution is 1.10. The third kappa shape index (κ3) is 2.82. The second-order valence-corrected chi connectivity index (χ2v) is 5.33. The van der Waals surface area contributed by atoms with Gasteiger partial charge in [0.2, 0.25) is 0 Å². The number of aryl methyl sites for hydroxylation is 1. The first kappa shape index (κ1) is 10.7. The summed E-state index contributed by atoms with van der Waals surface area (Å²) in [5.41, 5.74) is 7.53. The molecule has 1 aromatic carbocycles. The van der Waals surface area contributed by atoms with Crippen molar-refractivity contribution in [2.75, 3.05) is 5.73 Å². The van der Waals surface area contributed by atoms with Crippen LogP contribution in [0.25, 0.3) is 0 Å². The van der Waals surface area contributed by atoms with E-state index < -0.39 is 0 Å². The largest absolute Gasteiger partial charge is 0.398 e. The van der Waals surface area contributed by atoms with E-state index in [2.05, 4.69) is 20.8 Å². The van der Waals surface area contributed by atoms with Crippen LogP contribution in [-0.4, -0.2) is 5.25 Å². The van der Waals surface area contributed by atoms with E-state index in [1.807, 2.05) is 23.9 Å². The van der Waals surface area contributed by atoms with Gasteiger partial charge in [0.15, 0.2) is 0 Å². The Bertz CT molecular complexity index is 310. The van der Waals surface area contributed by atoms with Crippen LogP contribution in [0.4, 0.5) is 5.69 Å². The number of nitrogen functional groups attached to an aromatic ring is 1. The molecule has 0 amide bonds. The van der Waals surface area contributed by atoms with Crippen molar-refractivity contribution in [3.63, 3.8) is 0 Å². The van der Waals surface area contributed by atoms with Crippen LogP contribution in [-0.2, 0) is 0 Å². The lowest BCUT2D eigenvalue weighted by Crippen LogP contribution is -1.92. The number of hydrogen-bond donors (Lipinski definition) is 1. The standard InChI is InChI=1S/C10H14ClNS/c1-6(2)13-10-5-8(11)9(12)4-7(10)3/h4-6H,12H2,1-3H3. The van der Waals surface area contributed by atoms with Gasteiger partial charge in [-0.05, 0) is 24.6 Å². The number of hydrogen-bond acceptors (Lipinski definition) is 2. The number of anilines is 1. The Labute approximate surface area is 88.7 Å². The van der Waals surface area contributed by atoms with Gasteiger partial charge in [-0.2, -0.15) is 0 Å². The van der Waals surface area contributed by atoms with Crippen LogP contribution in [0.15, 0.2) is 17.0 Å². The summed E-state index contributed by atoms with van der Waals surface area (Å²) in [5.74, 6) is 0. The molecule has 1 nitrogen and oxygen atoms in total. The molecule has 0 aliphatic heterocycles. The Morgan fingerprint density at radius 3 is 2.54 bits per heavy atom. The summed E-state index contributed by atoms with van der Waals surface area (Å²) in [6.07, 6.45) is 0. The fraction of sp³-hybridized carbons (Fsp3) is 0.400. The SMILES string of the molecule is Cc1cc(N)c(Cl)cc1SC(C)C. The van der Waals surface area contributed by atoms with Crippen molar-refractivity contribution in [2.45, 2.75) is 30.9 Å². The number of nitrogens with two attached hydrogens (primary N) is 1. The predicted molar refractivity (Wildman–Crippen MR) is 61.6 cm³/mol. The molecule has 0 fully saturated rings. The van der Waals surface area contributed by atoms with E-state index in [0.717, 1.165) is 0 Å². The molecule has 0 bridgehead atoms. The van der Waals surface area contributed by atoms with Crippen molar-refractivity contribution in [1.29, 1.82) is 0 Å². The molecular formula is C10H14ClNS. The maximum Gasteiger partial charge on any atom is 0.0646 e. The van der Waals surface area contributed by atoms with Gasteiger partial charge in [0.25, 0.3) is 0 Å². The van der Waals surface area contributed by atoms with Gasteiger partial charge >= 0.3 is 0 Å². The van der Waals surface area contributed by atoms with Crippen molar-refractivity contribution in [3.8, 4) is 0 Å². The van der Waals surface area contributed by atoms with E-state index in [1.165, 1.54) is 10.5 Å². The Hall–Kier alpha value is -0.340. The summed E-state index contributed by atoms with van der Waals surface area (Å²) >= 11 is 7.74. The van der Waals surface area contributed by atoms with Crippen molar-refractivity contribution in [3.05, 3.63) is 22.7 Å². The molecule has 0 saturated carbocycles. The molecule has 2 N–H and O–H groups in total. The summed E-state index contributed by atoms with van der Waals surface area (Å²) < 4.78 is 0. The van der Waals surface area contributed by atoms with Crippen LogP contribution >= 0.6 is 23.4 Å². The Morgan fingerprint density at radius 2 is 2.00 bits per heavy atom. The summed E-state index contributed by atoms with van der Waals surface area (Å²) in [4.78, 5) is 1.22. The molecule has 72 valence electrons. The first-order valence-corrected chi connectivity index (χ1v) is 5.48. The minimum atomic E-state index is 0.568. The highest BCUT2D eigenvalue weighted by molar-refractivity contribution is 8.00. The monoisotopic (exact) mass is 215 g/mol. The molecule has 0 aliphatic carbocycles. The zero-order chi connectivity index (χ0) is 10.0. The number of halogens is 1. The molecule has 0 atom stereocenters. The molecule has 1 aromatic rings. The first-order chi connectivity index (χ1) is 6.00. The van der Waals surface area contributed by atoms with Gasteiger partial charge in [0, 0.05) is 10.1 Å². The summed E-state index contributed by atoms with van der Waals surface area (Å²) in [7, 11) is 0. The average Bonchev–Trinajstić information content (AvgIpc) is 1.99. The van der Waals surface area contributed by atoms with Crippen molar-refractivity contribution < 1.29 is 0 Å². The van der Waals surface area contributed by atoms with Gasteiger partial charge in [-0.1, -0.05) is 25.4 Å². The quantitative estimate of drug-likeness (QED) is 0.601. The molecule has 3 heteroatoms. The van der Waals surface area contributed by atoms with Crippen LogP contribution in [0.5, 0.6) is 0 Å². The van der Waals surface area contributed by atoms with Crippen molar-refractivity contribution in [1.82, 2.24) is 0 Å². The molecule has 1 rings (SSSR count). The number of rotatable bonds is 2. The third-order valence-corrected chi connectivity index (χ3v) is 3.15. The fourth-order valence-corrected chi connectivity index (χ4v) is 2.23. The van der Waals surface area contributed by atoms with Crippen LogP contribution in [0.3, 0.4) is 0 Å². The second-order valence-electron chi connectivity index (χ2n) is 3.31. The van der Waals surface area contributed by atoms with Gasteiger partial charge < -0.3 is 5.73 Å². The highest BCUT2D eigenvalue weighted by Gasteiger charge is 2.05. The summed E-state index contributed by atoms with van der Waals surface area (Å²) in [5, 5.41) is 1.21. The van der Waals surface area contributed by atoms with Gasteiger partial charge in [0.05, 0.1) is 10.7 Å². The maximum absolute atomic E-state index is 5.93. The van der Waals surface area contributed by atoms with E-state index in [1.54, 1.807) is 0 Å². The lowest BCUT2D eigenvalue weighted by atomic mass is 10.2. The highest BCUT2D eigenvalue weighted by atomic mass is 35.5. The zero-order valence-electron chi connectivity index (χ0n) is 8.10. The molecule has 0 heterocycles. The smallest absolute Gasteiger partial charge is 0.0646 e. The molecule has 0 aromatic heterocycles. The maximum atomic E-state index is 5.93. The van der Waals surface area contributed by atoms with Crippen molar-refractivity contribution in [2.24, 2.45) is 0 Å². The number of benzene rings is 1. The van der Waals surface area contributed by atoms with E-state index in [4.69, 9.17) is 17.3 Å². The number of thioether (sulfide) groups is 1. The molecule has 0 unspecified atom stereocenters. The molecule has 13 heavy (non-hydrogen) atoms. The van der Waals surface area contributed by atoms with Crippen LogP contribution < -0.4 is 5.73 Å². The highest BCUT2D eigenvalue weighted by Crippen LogP contribution is 2.32. The molecule has 0 saturated heterocycles. The van der Waals surface area contributed by atoms with Crippen LogP contribution in [0.1, 0.15) is 19.4 Å². The molecule has 0 spiro atoms. The Balaban J connectivity index is 3.01. The lowest BCUT2D eigenvalue weighted by Gasteiger charge is -2.10. The average molecular weight is 216 g/mol. The van der Waals surface area contributed by atoms with Gasteiger partial charge in [-0.3, -0.25) is 0 Å². The normalized spacial score (nSPS) is 10.8. The van der Waals surface area contributed by atoms with E-state index in [9.17, 15) is 0 Å². The minimum Gasteiger partial charge on any atom is -0.398 e. The van der Waals surface area contributed by atoms with E-state index >= 15 is 0 Å². The van der Waals surface area contributed by atoms with Gasteiger partial charge in [0.1, 0.15) is 0 Å². The second kappa shape index (κ2) is 4.25. The molecular weight excluding hydrogens is 202 g/mol. The molecule has 0 aliphatic rings. The summed E-state index contributed by atoms with van der Waals surface area (Å²) in [6.45, 7) is 6.38. The first-order valence-electron chi connectivity index (χ1n) is 4.23. The van der Waals surface area contributed by atoms with Gasteiger partial charge in [-0.15, -0.1) is 11.8 Å².